The molecular formula is C15H16FNO4S. The Kier molecular flexibility index (Phi) is 5.21. The largest absolute Gasteiger partial charge is 0.497 e. The van der Waals surface area contributed by atoms with Crippen LogP contribution in [0.1, 0.15) is 0 Å². The summed E-state index contributed by atoms with van der Waals surface area (Å²) in [6.45, 7) is -0.0368. The Morgan fingerprint density at radius 2 is 1.82 bits per heavy atom. The SMILES string of the molecule is COc1cccc(NS(=O)(=O)CCOc2ccc(F)cc2)c1. The molecule has 0 radical (unpaired) electrons. The average molecular weight is 325 g/mol. The number of hydrogen-bond acceptors (Lipinski definition) is 4. The van der Waals surface area contributed by atoms with E-state index >= 15 is 0 Å². The third-order valence-electron chi connectivity index (χ3n) is 2.78. The average Bonchev–Trinajstić information content (AvgIpc) is 2.49. The molecule has 0 amide bonds. The van der Waals surface area contributed by atoms with Crippen molar-refractivity contribution in [1.29, 1.82) is 0 Å². The molecule has 2 aromatic carbocycles. The fourth-order valence-electron chi connectivity index (χ4n) is 1.72. The van der Waals surface area contributed by atoms with Crippen LogP contribution in [-0.4, -0.2) is 27.9 Å². The fourth-order valence-corrected chi connectivity index (χ4v) is 2.61. The van der Waals surface area contributed by atoms with E-state index in [9.17, 15) is 12.8 Å². The zero-order valence-electron chi connectivity index (χ0n) is 12.0. The third kappa shape index (κ3) is 4.92. The molecule has 0 fully saturated rings. The quantitative estimate of drug-likeness (QED) is 0.850. The van der Waals surface area contributed by atoms with E-state index in [0.717, 1.165) is 0 Å². The predicted molar refractivity (Wildman–Crippen MR) is 82.3 cm³/mol. The Bertz CT molecular complexity index is 717. The van der Waals surface area contributed by atoms with Gasteiger partial charge in [0.2, 0.25) is 10.0 Å². The van der Waals surface area contributed by atoms with Crippen LogP contribution in [0.25, 0.3) is 0 Å². The highest BCUT2D eigenvalue weighted by Gasteiger charge is 2.11. The number of methoxy groups -OCH3 is 1. The van der Waals surface area contributed by atoms with Gasteiger partial charge in [0.1, 0.15) is 29.7 Å². The maximum absolute atomic E-state index is 12.7. The summed E-state index contributed by atoms with van der Waals surface area (Å²) >= 11 is 0. The molecule has 0 saturated carbocycles. The Morgan fingerprint density at radius 3 is 2.50 bits per heavy atom. The van der Waals surface area contributed by atoms with Crippen molar-refractivity contribution in [3.8, 4) is 11.5 Å². The minimum atomic E-state index is -3.54. The van der Waals surface area contributed by atoms with Crippen molar-refractivity contribution < 1.29 is 22.3 Å². The minimum Gasteiger partial charge on any atom is -0.497 e. The van der Waals surface area contributed by atoms with E-state index in [2.05, 4.69) is 4.72 Å². The Morgan fingerprint density at radius 1 is 1.09 bits per heavy atom. The number of rotatable bonds is 7. The van der Waals surface area contributed by atoms with Gasteiger partial charge in [-0.25, -0.2) is 12.8 Å². The van der Waals surface area contributed by atoms with Gasteiger partial charge in [-0.05, 0) is 36.4 Å². The standard InChI is InChI=1S/C15H16FNO4S/c1-20-15-4-2-3-13(11-15)17-22(18,19)10-9-21-14-7-5-12(16)6-8-14/h2-8,11,17H,9-10H2,1H3. The second-order valence-corrected chi connectivity index (χ2v) is 6.30. The molecule has 0 saturated heterocycles. The van der Waals surface area contributed by atoms with E-state index in [4.69, 9.17) is 9.47 Å². The lowest BCUT2D eigenvalue weighted by Gasteiger charge is -2.10. The number of nitrogens with one attached hydrogen (secondary N) is 1. The van der Waals surface area contributed by atoms with Gasteiger partial charge in [0.15, 0.2) is 0 Å². The number of anilines is 1. The molecule has 0 aromatic heterocycles. The van der Waals surface area contributed by atoms with Crippen molar-refractivity contribution in [3.63, 3.8) is 0 Å². The molecule has 0 bridgehead atoms. The molecule has 118 valence electrons. The number of hydrogen-bond donors (Lipinski definition) is 1. The van der Waals surface area contributed by atoms with Crippen molar-refractivity contribution in [2.24, 2.45) is 0 Å². The van der Waals surface area contributed by atoms with Crippen LogP contribution < -0.4 is 14.2 Å². The third-order valence-corrected chi connectivity index (χ3v) is 4.03. The van der Waals surface area contributed by atoms with Gasteiger partial charge in [0.05, 0.1) is 12.8 Å². The lowest BCUT2D eigenvalue weighted by molar-refractivity contribution is 0.340. The highest BCUT2D eigenvalue weighted by Crippen LogP contribution is 2.18. The minimum absolute atomic E-state index is 0.0368. The lowest BCUT2D eigenvalue weighted by atomic mass is 10.3. The Labute approximate surface area is 128 Å². The van der Waals surface area contributed by atoms with Crippen molar-refractivity contribution in [1.82, 2.24) is 0 Å². The topological polar surface area (TPSA) is 64.6 Å². The first-order chi connectivity index (χ1) is 10.5. The zero-order valence-corrected chi connectivity index (χ0v) is 12.8. The van der Waals surface area contributed by atoms with Crippen LogP contribution in [0.2, 0.25) is 0 Å². The highest BCUT2D eigenvalue weighted by atomic mass is 32.2. The van der Waals surface area contributed by atoms with Gasteiger partial charge in [-0.15, -0.1) is 0 Å². The van der Waals surface area contributed by atoms with E-state index in [-0.39, 0.29) is 18.2 Å². The normalized spacial score (nSPS) is 11.0. The molecule has 2 rings (SSSR count). The predicted octanol–water partition coefficient (Wildman–Crippen LogP) is 2.66. The van der Waals surface area contributed by atoms with E-state index < -0.39 is 10.0 Å². The van der Waals surface area contributed by atoms with E-state index in [1.54, 1.807) is 24.3 Å². The summed E-state index contributed by atoms with van der Waals surface area (Å²) in [6.07, 6.45) is 0. The van der Waals surface area contributed by atoms with Gasteiger partial charge in [0.25, 0.3) is 0 Å². The molecule has 5 nitrogen and oxygen atoms in total. The Balaban J connectivity index is 1.89. The summed E-state index contributed by atoms with van der Waals surface area (Å²) in [5, 5.41) is 0. The van der Waals surface area contributed by atoms with E-state index in [1.165, 1.54) is 31.4 Å². The van der Waals surface area contributed by atoms with Crippen LogP contribution in [0.5, 0.6) is 11.5 Å². The summed E-state index contributed by atoms with van der Waals surface area (Å²) < 4.78 is 49.4. The summed E-state index contributed by atoms with van der Waals surface area (Å²) in [4.78, 5) is 0. The molecule has 0 heterocycles. The summed E-state index contributed by atoms with van der Waals surface area (Å²) in [6, 6.07) is 12.0. The highest BCUT2D eigenvalue weighted by molar-refractivity contribution is 7.92. The summed E-state index contributed by atoms with van der Waals surface area (Å²) in [5.74, 6) is 0.377. The van der Waals surface area contributed by atoms with E-state index in [1.807, 2.05) is 0 Å². The zero-order chi connectivity index (χ0) is 16.0. The first-order valence-electron chi connectivity index (χ1n) is 6.51. The van der Waals surface area contributed by atoms with Gasteiger partial charge >= 0.3 is 0 Å². The van der Waals surface area contributed by atoms with E-state index in [0.29, 0.717) is 17.2 Å². The monoisotopic (exact) mass is 325 g/mol. The molecule has 0 atom stereocenters. The van der Waals surface area contributed by atoms with Crippen molar-refractivity contribution >= 4 is 15.7 Å². The fraction of sp³-hybridized carbons (Fsp3) is 0.200. The molecule has 0 aliphatic carbocycles. The van der Waals surface area contributed by atoms with Gasteiger partial charge < -0.3 is 9.47 Å². The Hall–Kier alpha value is -2.28. The smallest absolute Gasteiger partial charge is 0.236 e. The lowest BCUT2D eigenvalue weighted by Crippen LogP contribution is -2.21. The molecular weight excluding hydrogens is 309 g/mol. The molecule has 1 N–H and O–H groups in total. The van der Waals surface area contributed by atoms with Crippen molar-refractivity contribution in [3.05, 3.63) is 54.3 Å². The molecule has 7 heteroatoms. The van der Waals surface area contributed by atoms with Crippen LogP contribution in [-0.2, 0) is 10.0 Å². The first-order valence-corrected chi connectivity index (χ1v) is 8.17. The number of halogens is 1. The molecule has 0 aliphatic heterocycles. The number of sulfonamides is 1. The molecule has 0 aliphatic rings. The second kappa shape index (κ2) is 7.13. The second-order valence-electron chi connectivity index (χ2n) is 4.46. The molecule has 0 spiro atoms. The van der Waals surface area contributed by atoms with Crippen molar-refractivity contribution in [2.45, 2.75) is 0 Å². The van der Waals surface area contributed by atoms with Gasteiger partial charge in [-0.1, -0.05) is 6.07 Å². The first kappa shape index (κ1) is 16.1. The van der Waals surface area contributed by atoms with Crippen LogP contribution >= 0.6 is 0 Å². The number of ether oxygens (including phenoxy) is 2. The maximum Gasteiger partial charge on any atom is 0.236 e. The van der Waals surface area contributed by atoms with Crippen LogP contribution in [0.3, 0.4) is 0 Å². The van der Waals surface area contributed by atoms with Gasteiger partial charge in [-0.3, -0.25) is 4.72 Å². The van der Waals surface area contributed by atoms with Crippen LogP contribution in [0.15, 0.2) is 48.5 Å². The summed E-state index contributed by atoms with van der Waals surface area (Å²) in [5.41, 5.74) is 0.418. The molecule has 0 unspecified atom stereocenters. The van der Waals surface area contributed by atoms with Crippen LogP contribution in [0, 0.1) is 5.82 Å². The van der Waals surface area contributed by atoms with Gasteiger partial charge in [0, 0.05) is 6.07 Å². The molecule has 22 heavy (non-hydrogen) atoms. The maximum atomic E-state index is 12.7. The molecule has 2 aromatic rings. The van der Waals surface area contributed by atoms with Crippen molar-refractivity contribution in [2.75, 3.05) is 24.2 Å². The van der Waals surface area contributed by atoms with Gasteiger partial charge in [-0.2, -0.15) is 0 Å². The summed E-state index contributed by atoms with van der Waals surface area (Å²) in [7, 11) is -2.04. The van der Waals surface area contributed by atoms with Crippen LogP contribution in [0.4, 0.5) is 10.1 Å². The number of benzene rings is 2.